The van der Waals surface area contributed by atoms with Crippen LogP contribution in [0.1, 0.15) is 0 Å². The largest absolute Gasteiger partial charge is 0.396 e. The van der Waals surface area contributed by atoms with Crippen molar-refractivity contribution in [2.45, 2.75) is 0 Å². The molecule has 0 fully saturated rings. The first-order valence-electron chi connectivity index (χ1n) is 3.33. The van der Waals surface area contributed by atoms with Crippen LogP contribution in [0.4, 0.5) is 5.69 Å². The molecule has 0 bridgehead atoms. The van der Waals surface area contributed by atoms with Gasteiger partial charge >= 0.3 is 0 Å². The van der Waals surface area contributed by atoms with Gasteiger partial charge in [-0.3, -0.25) is 0 Å². The number of nitrogens with zero attached hydrogens (tertiary/aromatic N) is 3. The number of aromatic nitrogens is 4. The van der Waals surface area contributed by atoms with Crippen LogP contribution in [0.2, 0.25) is 0 Å². The van der Waals surface area contributed by atoms with Crippen LogP contribution in [0.5, 0.6) is 0 Å². The quantitative estimate of drug-likeness (QED) is 0.591. The van der Waals surface area contributed by atoms with Crippen molar-refractivity contribution in [3.8, 4) is 0 Å². The number of nitrogen functional groups attached to an aromatic ring is 1. The fourth-order valence-electron chi connectivity index (χ4n) is 0.526. The van der Waals surface area contributed by atoms with Gasteiger partial charge in [0.05, 0.1) is 24.4 Å². The summed E-state index contributed by atoms with van der Waals surface area (Å²) in [7, 11) is 0. The van der Waals surface area contributed by atoms with E-state index in [1.807, 2.05) is 0 Å². The Morgan fingerprint density at radius 3 is 2.17 bits per heavy atom. The molecule has 0 spiro atoms. The zero-order valence-electron chi connectivity index (χ0n) is 6.38. The minimum atomic E-state index is 0.600. The van der Waals surface area contributed by atoms with E-state index in [1.54, 1.807) is 31.1 Å². The molecule has 5 heteroatoms. The molecule has 12 heavy (non-hydrogen) atoms. The third-order valence-corrected chi connectivity index (χ3v) is 0.986. The Bertz CT molecular complexity index is 261. The lowest BCUT2D eigenvalue weighted by Crippen LogP contribution is -1.85. The number of nitrogens with one attached hydrogen (secondary N) is 1. The molecule has 2 aromatic heterocycles. The maximum atomic E-state index is 5.23. The van der Waals surface area contributed by atoms with Crippen molar-refractivity contribution >= 4 is 5.69 Å². The Labute approximate surface area is 69.7 Å². The monoisotopic (exact) mass is 163 g/mol. The van der Waals surface area contributed by atoms with E-state index in [2.05, 4.69) is 19.9 Å². The molecule has 5 nitrogen and oxygen atoms in total. The van der Waals surface area contributed by atoms with Crippen molar-refractivity contribution in [3.63, 3.8) is 0 Å². The van der Waals surface area contributed by atoms with Gasteiger partial charge in [-0.05, 0) is 0 Å². The molecule has 0 aromatic carbocycles. The zero-order valence-corrected chi connectivity index (χ0v) is 6.38. The van der Waals surface area contributed by atoms with Gasteiger partial charge < -0.3 is 10.7 Å². The second-order valence-electron chi connectivity index (χ2n) is 1.93. The number of H-pyrrole nitrogens is 1. The lowest BCUT2D eigenvalue weighted by atomic mass is 10.6. The van der Waals surface area contributed by atoms with Crippen molar-refractivity contribution in [2.75, 3.05) is 5.73 Å². The van der Waals surface area contributed by atoms with Crippen LogP contribution in [0, 0.1) is 0 Å². The molecule has 3 N–H and O–H groups in total. The van der Waals surface area contributed by atoms with Crippen LogP contribution < -0.4 is 5.73 Å². The summed E-state index contributed by atoms with van der Waals surface area (Å²) in [5, 5.41) is 0. The third kappa shape index (κ3) is 3.31. The van der Waals surface area contributed by atoms with E-state index in [9.17, 15) is 0 Å². The van der Waals surface area contributed by atoms with Gasteiger partial charge in [0, 0.05) is 12.4 Å². The first-order chi connectivity index (χ1) is 5.89. The highest BCUT2D eigenvalue weighted by molar-refractivity contribution is 5.28. The van der Waals surface area contributed by atoms with Gasteiger partial charge in [0.15, 0.2) is 0 Å². The molecule has 0 aliphatic carbocycles. The maximum absolute atomic E-state index is 5.23. The van der Waals surface area contributed by atoms with Gasteiger partial charge in [0.1, 0.15) is 6.33 Å². The van der Waals surface area contributed by atoms with Gasteiger partial charge in [-0.1, -0.05) is 0 Å². The molecule has 0 radical (unpaired) electrons. The second kappa shape index (κ2) is 4.84. The maximum Gasteiger partial charge on any atom is 0.115 e. The summed E-state index contributed by atoms with van der Waals surface area (Å²) in [6, 6.07) is 0. The normalized spacial score (nSPS) is 8.33. The molecule has 0 aliphatic rings. The summed E-state index contributed by atoms with van der Waals surface area (Å²) >= 11 is 0. The van der Waals surface area contributed by atoms with E-state index in [0.717, 1.165) is 0 Å². The summed E-state index contributed by atoms with van der Waals surface area (Å²) in [4.78, 5) is 13.7. The summed E-state index contributed by atoms with van der Waals surface area (Å²) in [5.74, 6) is 0. The Kier molecular flexibility index (Phi) is 3.30. The van der Waals surface area contributed by atoms with Crippen LogP contribution in [0.25, 0.3) is 0 Å². The van der Waals surface area contributed by atoms with E-state index in [-0.39, 0.29) is 0 Å². The number of aromatic amines is 1. The van der Waals surface area contributed by atoms with Crippen LogP contribution in [-0.4, -0.2) is 19.9 Å². The minimum Gasteiger partial charge on any atom is -0.396 e. The van der Waals surface area contributed by atoms with Gasteiger partial charge in [0.2, 0.25) is 0 Å². The average molecular weight is 163 g/mol. The third-order valence-electron chi connectivity index (χ3n) is 0.986. The Morgan fingerprint density at radius 1 is 1.17 bits per heavy atom. The van der Waals surface area contributed by atoms with Crippen molar-refractivity contribution in [1.82, 2.24) is 19.9 Å². The molecule has 0 atom stereocenters. The number of imidazole rings is 1. The number of nitrogens with two attached hydrogens (primary N) is 1. The summed E-state index contributed by atoms with van der Waals surface area (Å²) in [6.45, 7) is 0. The van der Waals surface area contributed by atoms with Crippen LogP contribution >= 0.6 is 0 Å². The van der Waals surface area contributed by atoms with Gasteiger partial charge in [0.25, 0.3) is 0 Å². The second-order valence-corrected chi connectivity index (χ2v) is 1.93. The Hall–Kier alpha value is -1.91. The molecule has 0 unspecified atom stereocenters. The topological polar surface area (TPSA) is 80.5 Å². The van der Waals surface area contributed by atoms with E-state index in [1.165, 1.54) is 6.33 Å². The number of rotatable bonds is 0. The zero-order chi connectivity index (χ0) is 8.65. The molecular formula is C7H9N5. The number of hydrogen-bond acceptors (Lipinski definition) is 4. The van der Waals surface area contributed by atoms with Crippen LogP contribution in [0.3, 0.4) is 0 Å². The average Bonchev–Trinajstić information content (AvgIpc) is 2.62. The van der Waals surface area contributed by atoms with Gasteiger partial charge in [-0.25, -0.2) is 15.0 Å². The molecule has 0 saturated carbocycles. The predicted molar refractivity (Wildman–Crippen MR) is 45.0 cm³/mol. The number of anilines is 1. The fourth-order valence-corrected chi connectivity index (χ4v) is 0.526. The molecule has 0 aliphatic heterocycles. The SMILES string of the molecule is Nc1cncnc1.c1c[nH]cn1. The van der Waals surface area contributed by atoms with E-state index in [4.69, 9.17) is 5.73 Å². The molecule has 0 amide bonds. The molecular weight excluding hydrogens is 154 g/mol. The van der Waals surface area contributed by atoms with E-state index >= 15 is 0 Å². The molecule has 0 saturated heterocycles. The fraction of sp³-hybridized carbons (Fsp3) is 0. The molecule has 2 rings (SSSR count). The van der Waals surface area contributed by atoms with Crippen molar-refractivity contribution in [1.29, 1.82) is 0 Å². The standard InChI is InChI=1S/C4H5N3.C3H4N2/c5-4-1-6-3-7-2-4;1-2-5-3-4-1/h1-3H,5H2;1-3H,(H,4,5). The van der Waals surface area contributed by atoms with Crippen molar-refractivity contribution in [3.05, 3.63) is 37.4 Å². The Balaban J connectivity index is 0.000000127. The highest BCUT2D eigenvalue weighted by Gasteiger charge is 1.74. The van der Waals surface area contributed by atoms with Gasteiger partial charge in [-0.15, -0.1) is 0 Å². The molecule has 2 aromatic rings. The smallest absolute Gasteiger partial charge is 0.115 e. The van der Waals surface area contributed by atoms with Gasteiger partial charge in [-0.2, -0.15) is 0 Å². The van der Waals surface area contributed by atoms with E-state index in [0.29, 0.717) is 5.69 Å². The van der Waals surface area contributed by atoms with Crippen molar-refractivity contribution in [2.24, 2.45) is 0 Å². The predicted octanol–water partition coefficient (Wildman–Crippen LogP) is 0.469. The van der Waals surface area contributed by atoms with Crippen LogP contribution in [-0.2, 0) is 0 Å². The number of hydrogen-bond donors (Lipinski definition) is 2. The first kappa shape index (κ1) is 8.19. The lowest BCUT2D eigenvalue weighted by Gasteiger charge is -1.82. The minimum absolute atomic E-state index is 0.600. The molecule has 62 valence electrons. The lowest BCUT2D eigenvalue weighted by molar-refractivity contribution is 1.17. The summed E-state index contributed by atoms with van der Waals surface area (Å²) in [6.07, 6.45) is 9.62. The highest BCUT2D eigenvalue weighted by Crippen LogP contribution is 1.88. The Morgan fingerprint density at radius 2 is 1.92 bits per heavy atom. The first-order valence-corrected chi connectivity index (χ1v) is 3.33. The van der Waals surface area contributed by atoms with E-state index < -0.39 is 0 Å². The summed E-state index contributed by atoms with van der Waals surface area (Å²) in [5.41, 5.74) is 5.83. The van der Waals surface area contributed by atoms with Crippen molar-refractivity contribution < 1.29 is 0 Å². The highest BCUT2D eigenvalue weighted by atomic mass is 14.8. The summed E-state index contributed by atoms with van der Waals surface area (Å²) < 4.78 is 0. The molecule has 2 heterocycles. The van der Waals surface area contributed by atoms with Crippen LogP contribution in [0.15, 0.2) is 37.4 Å².